The van der Waals surface area contributed by atoms with E-state index in [0.29, 0.717) is 11.6 Å². The number of H-pyrrole nitrogens is 1. The van der Waals surface area contributed by atoms with Crippen LogP contribution < -0.4 is 5.32 Å². The number of anilines is 2. The standard InChI is InChI=1S/C18H19N3O2/c1-10-8-14(22)4-5-15(10)19-17-9-16(20-21-17)13-6-11(2)18(23)12(3)7-13/h4-9,22-23H,1-3H3,(H2,19,20,21). The van der Waals surface area contributed by atoms with Crippen LogP contribution in [-0.2, 0) is 0 Å². The number of aromatic nitrogens is 2. The first-order valence-corrected chi connectivity index (χ1v) is 7.36. The van der Waals surface area contributed by atoms with Gasteiger partial charge in [0.1, 0.15) is 11.5 Å². The molecule has 3 aromatic rings. The minimum Gasteiger partial charge on any atom is -0.508 e. The molecule has 0 spiro atoms. The maximum Gasteiger partial charge on any atom is 0.152 e. The van der Waals surface area contributed by atoms with Gasteiger partial charge in [0.15, 0.2) is 5.82 Å². The molecule has 118 valence electrons. The van der Waals surface area contributed by atoms with E-state index in [4.69, 9.17) is 0 Å². The summed E-state index contributed by atoms with van der Waals surface area (Å²) in [6.45, 7) is 5.67. The summed E-state index contributed by atoms with van der Waals surface area (Å²) in [4.78, 5) is 0. The predicted octanol–water partition coefficient (Wildman–Crippen LogP) is 4.16. The number of nitrogens with zero attached hydrogens (tertiary/aromatic N) is 1. The molecule has 5 heteroatoms. The molecule has 1 heterocycles. The predicted molar refractivity (Wildman–Crippen MR) is 91.3 cm³/mol. The molecule has 0 bridgehead atoms. The van der Waals surface area contributed by atoms with Crippen molar-refractivity contribution in [3.8, 4) is 22.8 Å². The maximum absolute atomic E-state index is 9.87. The molecule has 1 aromatic heterocycles. The highest BCUT2D eigenvalue weighted by Crippen LogP contribution is 2.30. The lowest BCUT2D eigenvalue weighted by molar-refractivity contribution is 0.467. The van der Waals surface area contributed by atoms with Gasteiger partial charge in [-0.1, -0.05) is 0 Å². The van der Waals surface area contributed by atoms with E-state index >= 15 is 0 Å². The zero-order valence-electron chi connectivity index (χ0n) is 13.3. The fourth-order valence-electron chi connectivity index (χ4n) is 2.57. The smallest absolute Gasteiger partial charge is 0.152 e. The molecule has 0 fully saturated rings. The molecule has 23 heavy (non-hydrogen) atoms. The Kier molecular flexibility index (Phi) is 3.70. The van der Waals surface area contributed by atoms with Gasteiger partial charge < -0.3 is 15.5 Å². The van der Waals surface area contributed by atoms with Crippen LogP contribution in [0.3, 0.4) is 0 Å². The number of phenols is 2. The second-order valence-electron chi connectivity index (χ2n) is 5.75. The van der Waals surface area contributed by atoms with Crippen LogP contribution in [0.4, 0.5) is 11.5 Å². The number of benzene rings is 2. The van der Waals surface area contributed by atoms with E-state index in [1.165, 1.54) is 0 Å². The molecule has 0 aliphatic rings. The molecule has 2 aromatic carbocycles. The molecule has 0 atom stereocenters. The molecule has 3 rings (SSSR count). The Morgan fingerprint density at radius 2 is 1.61 bits per heavy atom. The lowest BCUT2D eigenvalue weighted by Gasteiger charge is -2.07. The lowest BCUT2D eigenvalue weighted by Crippen LogP contribution is -1.92. The molecule has 0 radical (unpaired) electrons. The van der Waals surface area contributed by atoms with Gasteiger partial charge >= 0.3 is 0 Å². The van der Waals surface area contributed by atoms with Gasteiger partial charge in [-0.05, 0) is 67.8 Å². The van der Waals surface area contributed by atoms with Gasteiger partial charge in [0.2, 0.25) is 0 Å². The summed E-state index contributed by atoms with van der Waals surface area (Å²) in [6.07, 6.45) is 0. The summed E-state index contributed by atoms with van der Waals surface area (Å²) in [6, 6.07) is 10.9. The van der Waals surface area contributed by atoms with Gasteiger partial charge in [-0.15, -0.1) is 0 Å². The Balaban J connectivity index is 1.89. The normalized spacial score (nSPS) is 10.7. The molecule has 4 N–H and O–H groups in total. The first-order valence-electron chi connectivity index (χ1n) is 7.36. The highest BCUT2D eigenvalue weighted by atomic mass is 16.3. The van der Waals surface area contributed by atoms with Gasteiger partial charge in [-0.25, -0.2) is 0 Å². The average molecular weight is 309 g/mol. The summed E-state index contributed by atoms with van der Waals surface area (Å²) in [7, 11) is 0. The van der Waals surface area contributed by atoms with Crippen molar-refractivity contribution in [1.29, 1.82) is 0 Å². The van der Waals surface area contributed by atoms with Gasteiger partial charge in [-0.3, -0.25) is 5.10 Å². The van der Waals surface area contributed by atoms with Crippen molar-refractivity contribution >= 4 is 11.5 Å². The number of rotatable bonds is 3. The van der Waals surface area contributed by atoms with Crippen molar-refractivity contribution in [3.05, 3.63) is 53.1 Å². The van der Waals surface area contributed by atoms with E-state index < -0.39 is 0 Å². The van der Waals surface area contributed by atoms with Crippen LogP contribution in [0.5, 0.6) is 11.5 Å². The first kappa shape index (κ1) is 15.0. The molecule has 0 saturated carbocycles. The Labute approximate surface area is 134 Å². The highest BCUT2D eigenvalue weighted by molar-refractivity contribution is 5.69. The Hall–Kier alpha value is -2.95. The zero-order valence-corrected chi connectivity index (χ0v) is 13.3. The highest BCUT2D eigenvalue weighted by Gasteiger charge is 2.09. The number of aryl methyl sites for hydroxylation is 3. The minimum atomic E-state index is 0.241. The Morgan fingerprint density at radius 3 is 2.26 bits per heavy atom. The molecular formula is C18H19N3O2. The van der Waals surface area contributed by atoms with Crippen molar-refractivity contribution < 1.29 is 10.2 Å². The fraction of sp³-hybridized carbons (Fsp3) is 0.167. The number of hydrogen-bond acceptors (Lipinski definition) is 4. The van der Waals surface area contributed by atoms with E-state index in [-0.39, 0.29) is 5.75 Å². The van der Waals surface area contributed by atoms with Crippen LogP contribution >= 0.6 is 0 Å². The van der Waals surface area contributed by atoms with Crippen LogP contribution in [0.15, 0.2) is 36.4 Å². The number of aromatic hydroxyl groups is 2. The third-order valence-corrected chi connectivity index (χ3v) is 3.85. The van der Waals surface area contributed by atoms with E-state index in [1.54, 1.807) is 12.1 Å². The molecular weight excluding hydrogens is 290 g/mol. The Morgan fingerprint density at radius 1 is 0.913 bits per heavy atom. The van der Waals surface area contributed by atoms with Crippen molar-refractivity contribution in [2.75, 3.05) is 5.32 Å². The summed E-state index contributed by atoms with van der Waals surface area (Å²) >= 11 is 0. The summed E-state index contributed by atoms with van der Waals surface area (Å²) in [5.41, 5.74) is 5.33. The molecule has 0 amide bonds. The van der Waals surface area contributed by atoms with Crippen LogP contribution in [0.25, 0.3) is 11.3 Å². The topological polar surface area (TPSA) is 81.2 Å². The second kappa shape index (κ2) is 5.68. The molecule has 0 unspecified atom stereocenters. The van der Waals surface area contributed by atoms with E-state index in [9.17, 15) is 10.2 Å². The van der Waals surface area contributed by atoms with Crippen molar-refractivity contribution in [2.24, 2.45) is 0 Å². The van der Waals surface area contributed by atoms with Crippen molar-refractivity contribution in [3.63, 3.8) is 0 Å². The number of hydrogen-bond donors (Lipinski definition) is 4. The van der Waals surface area contributed by atoms with E-state index in [1.807, 2.05) is 45.0 Å². The third-order valence-electron chi connectivity index (χ3n) is 3.85. The second-order valence-corrected chi connectivity index (χ2v) is 5.75. The average Bonchev–Trinajstić information content (AvgIpc) is 2.96. The monoisotopic (exact) mass is 309 g/mol. The van der Waals surface area contributed by atoms with Crippen LogP contribution in [0.1, 0.15) is 16.7 Å². The lowest BCUT2D eigenvalue weighted by atomic mass is 10.0. The summed E-state index contributed by atoms with van der Waals surface area (Å²) in [5, 5.41) is 29.8. The van der Waals surface area contributed by atoms with Crippen LogP contribution in [0.2, 0.25) is 0 Å². The maximum atomic E-state index is 9.87. The third kappa shape index (κ3) is 2.99. The molecule has 0 aliphatic heterocycles. The summed E-state index contributed by atoms with van der Waals surface area (Å²) < 4.78 is 0. The van der Waals surface area contributed by atoms with Gasteiger partial charge in [-0.2, -0.15) is 5.10 Å². The SMILES string of the molecule is Cc1cc(O)ccc1Nc1cc(-c2cc(C)c(O)c(C)c2)[nH]n1. The first-order chi connectivity index (χ1) is 10.9. The quantitative estimate of drug-likeness (QED) is 0.548. The van der Waals surface area contributed by atoms with Gasteiger partial charge in [0.25, 0.3) is 0 Å². The number of nitrogens with one attached hydrogen (secondary N) is 2. The minimum absolute atomic E-state index is 0.241. The number of aromatic amines is 1. The van der Waals surface area contributed by atoms with Crippen LogP contribution in [-0.4, -0.2) is 20.4 Å². The van der Waals surface area contributed by atoms with E-state index in [2.05, 4.69) is 15.5 Å². The van der Waals surface area contributed by atoms with E-state index in [0.717, 1.165) is 33.6 Å². The van der Waals surface area contributed by atoms with Crippen molar-refractivity contribution in [1.82, 2.24) is 10.2 Å². The van der Waals surface area contributed by atoms with Gasteiger partial charge in [0, 0.05) is 17.3 Å². The van der Waals surface area contributed by atoms with Crippen molar-refractivity contribution in [2.45, 2.75) is 20.8 Å². The molecule has 0 saturated heterocycles. The summed E-state index contributed by atoms with van der Waals surface area (Å²) in [5.74, 6) is 1.26. The van der Waals surface area contributed by atoms with Gasteiger partial charge in [0.05, 0.1) is 5.69 Å². The zero-order chi connectivity index (χ0) is 16.6. The number of phenolic OH excluding ortho intramolecular Hbond substituents is 2. The van der Waals surface area contributed by atoms with Crippen LogP contribution in [0, 0.1) is 20.8 Å². The Bertz CT molecular complexity index is 845. The largest absolute Gasteiger partial charge is 0.508 e. The molecule has 5 nitrogen and oxygen atoms in total. The fourth-order valence-corrected chi connectivity index (χ4v) is 2.57. The molecule has 0 aliphatic carbocycles.